The molecule has 1 saturated carbocycles. The number of aromatic amines is 2. The van der Waals surface area contributed by atoms with Crippen LogP contribution in [0.25, 0.3) is 0 Å². The number of methoxy groups -OCH3 is 1. The lowest BCUT2D eigenvalue weighted by Crippen LogP contribution is -2.29. The van der Waals surface area contributed by atoms with Gasteiger partial charge in [0, 0.05) is 18.8 Å². The van der Waals surface area contributed by atoms with Gasteiger partial charge in [-0.25, -0.2) is 14.9 Å². The molecule has 23 heavy (non-hydrogen) atoms. The molecule has 0 spiro atoms. The van der Waals surface area contributed by atoms with Gasteiger partial charge in [0.15, 0.2) is 17.4 Å². The molecule has 2 aromatic heterocycles. The smallest absolute Gasteiger partial charge is 0.340 e. The molecule has 2 aliphatic rings. The zero-order valence-corrected chi connectivity index (χ0v) is 12.8. The number of hydrogen-bond donors (Lipinski definition) is 2. The summed E-state index contributed by atoms with van der Waals surface area (Å²) in [5.41, 5.74) is -0.347. The highest BCUT2D eigenvalue weighted by Gasteiger charge is 2.46. The Labute approximate surface area is 131 Å². The number of H-pyrrole nitrogens is 2. The number of nitrogens with one attached hydrogen (secondary N) is 2. The average molecular weight is 319 g/mol. The summed E-state index contributed by atoms with van der Waals surface area (Å²) in [6.45, 7) is 0.678. The Kier molecular flexibility index (Phi) is 3.32. The number of anilines is 1. The third-order valence-electron chi connectivity index (χ3n) is 4.80. The van der Waals surface area contributed by atoms with Crippen LogP contribution in [0.5, 0.6) is 5.75 Å². The first-order valence-corrected chi connectivity index (χ1v) is 7.78. The van der Waals surface area contributed by atoms with Crippen LogP contribution in [0.4, 0.5) is 10.2 Å². The van der Waals surface area contributed by atoms with Gasteiger partial charge in [0.25, 0.3) is 0 Å². The van der Waals surface area contributed by atoms with Crippen LogP contribution in [0, 0.1) is 17.7 Å². The summed E-state index contributed by atoms with van der Waals surface area (Å²) in [6, 6.07) is 1.33. The molecule has 3 heterocycles. The van der Waals surface area contributed by atoms with Crippen molar-refractivity contribution in [2.75, 3.05) is 18.6 Å². The highest BCUT2D eigenvalue weighted by Crippen LogP contribution is 2.51. The average Bonchev–Trinajstić information content (AvgIpc) is 3.16. The molecule has 4 rings (SSSR count). The first kappa shape index (κ1) is 14.2. The van der Waals surface area contributed by atoms with Crippen molar-refractivity contribution in [2.24, 2.45) is 11.8 Å². The van der Waals surface area contributed by atoms with Crippen molar-refractivity contribution in [1.29, 1.82) is 0 Å². The summed E-state index contributed by atoms with van der Waals surface area (Å²) in [7, 11) is 1.43. The zero-order valence-electron chi connectivity index (χ0n) is 12.8. The van der Waals surface area contributed by atoms with Crippen LogP contribution >= 0.6 is 0 Å². The standard InChI is InChI=1S/C15H18FN5O2/c1-23-10-4-6-17-14(11(10)16)21-7-5-9(8-2-3-8)12(21)13-18-15(22)20-19-13/h4,6,8-9,12H,2-3,5,7H2,1H3,(H2,18,19,20,22). The van der Waals surface area contributed by atoms with Crippen LogP contribution in [0.2, 0.25) is 0 Å². The SMILES string of the molecule is COc1ccnc(N2CCC(C3CC3)C2c2n[nH]c(=O)[nH]2)c1F. The Bertz CT molecular complexity index is 769. The minimum atomic E-state index is -0.477. The Morgan fingerprint density at radius 1 is 1.39 bits per heavy atom. The van der Waals surface area contributed by atoms with Gasteiger partial charge in [-0.05, 0) is 31.1 Å². The molecule has 2 unspecified atom stereocenters. The molecule has 2 fully saturated rings. The molecule has 0 amide bonds. The third-order valence-corrected chi connectivity index (χ3v) is 4.80. The Morgan fingerprint density at radius 2 is 2.22 bits per heavy atom. The predicted octanol–water partition coefficient (Wildman–Crippen LogP) is 1.62. The minimum Gasteiger partial charge on any atom is -0.493 e. The van der Waals surface area contributed by atoms with E-state index in [1.165, 1.54) is 32.2 Å². The molecule has 0 aromatic carbocycles. The Balaban J connectivity index is 1.76. The van der Waals surface area contributed by atoms with E-state index in [0.29, 0.717) is 24.2 Å². The van der Waals surface area contributed by atoms with Gasteiger partial charge in [-0.15, -0.1) is 0 Å². The van der Waals surface area contributed by atoms with Gasteiger partial charge in [-0.1, -0.05) is 0 Å². The van der Waals surface area contributed by atoms with E-state index in [1.54, 1.807) is 0 Å². The molecule has 7 nitrogen and oxygen atoms in total. The second kappa shape index (κ2) is 5.36. The second-order valence-electron chi connectivity index (χ2n) is 6.14. The highest BCUT2D eigenvalue weighted by molar-refractivity contribution is 5.48. The lowest BCUT2D eigenvalue weighted by Gasteiger charge is -2.27. The third kappa shape index (κ3) is 2.38. The number of hydrogen-bond acceptors (Lipinski definition) is 5. The van der Waals surface area contributed by atoms with Gasteiger partial charge < -0.3 is 9.64 Å². The number of halogens is 1. The van der Waals surface area contributed by atoms with E-state index < -0.39 is 5.82 Å². The second-order valence-corrected chi connectivity index (χ2v) is 6.14. The van der Waals surface area contributed by atoms with Crippen molar-refractivity contribution in [1.82, 2.24) is 20.2 Å². The van der Waals surface area contributed by atoms with E-state index in [1.807, 2.05) is 4.90 Å². The summed E-state index contributed by atoms with van der Waals surface area (Å²) in [4.78, 5) is 20.3. The molecule has 1 aliphatic heterocycles. The molecule has 2 atom stereocenters. The first-order chi connectivity index (χ1) is 11.2. The maximum absolute atomic E-state index is 14.6. The van der Waals surface area contributed by atoms with Crippen LogP contribution in [-0.4, -0.2) is 33.8 Å². The summed E-state index contributed by atoms with van der Waals surface area (Å²) < 4.78 is 19.7. The number of aromatic nitrogens is 4. The molecule has 1 aliphatic carbocycles. The maximum atomic E-state index is 14.6. The van der Waals surface area contributed by atoms with E-state index in [2.05, 4.69) is 20.2 Å². The Morgan fingerprint density at radius 3 is 2.87 bits per heavy atom. The fourth-order valence-corrected chi connectivity index (χ4v) is 3.62. The van der Waals surface area contributed by atoms with Crippen LogP contribution in [-0.2, 0) is 0 Å². The van der Waals surface area contributed by atoms with E-state index in [4.69, 9.17) is 4.74 Å². The fraction of sp³-hybridized carbons (Fsp3) is 0.533. The fourth-order valence-electron chi connectivity index (χ4n) is 3.62. The molecule has 8 heteroatoms. The van der Waals surface area contributed by atoms with Gasteiger partial charge in [0.1, 0.15) is 0 Å². The number of pyridine rings is 1. The van der Waals surface area contributed by atoms with E-state index in [9.17, 15) is 9.18 Å². The number of rotatable bonds is 4. The summed E-state index contributed by atoms with van der Waals surface area (Å²) in [5.74, 6) is 1.45. The van der Waals surface area contributed by atoms with Crippen molar-refractivity contribution >= 4 is 5.82 Å². The minimum absolute atomic E-state index is 0.166. The van der Waals surface area contributed by atoms with E-state index in [0.717, 1.165) is 6.42 Å². The van der Waals surface area contributed by atoms with E-state index in [-0.39, 0.29) is 23.3 Å². The summed E-state index contributed by atoms with van der Waals surface area (Å²) >= 11 is 0. The van der Waals surface area contributed by atoms with Gasteiger partial charge in [-0.2, -0.15) is 9.49 Å². The van der Waals surface area contributed by atoms with Gasteiger partial charge >= 0.3 is 5.69 Å². The van der Waals surface area contributed by atoms with Crippen molar-refractivity contribution in [3.05, 3.63) is 34.4 Å². The predicted molar refractivity (Wildman–Crippen MR) is 80.9 cm³/mol. The lowest BCUT2D eigenvalue weighted by molar-refractivity contribution is 0.382. The summed E-state index contributed by atoms with van der Waals surface area (Å²) in [5, 5.41) is 6.50. The molecule has 122 valence electrons. The summed E-state index contributed by atoms with van der Waals surface area (Å²) in [6.07, 6.45) is 4.82. The maximum Gasteiger partial charge on any atom is 0.340 e. The van der Waals surface area contributed by atoms with Crippen molar-refractivity contribution in [3.8, 4) is 5.75 Å². The van der Waals surface area contributed by atoms with Crippen LogP contribution in [0.15, 0.2) is 17.1 Å². The first-order valence-electron chi connectivity index (χ1n) is 7.78. The van der Waals surface area contributed by atoms with Crippen LogP contribution < -0.4 is 15.3 Å². The highest BCUT2D eigenvalue weighted by atomic mass is 19.1. The topological polar surface area (TPSA) is 86.9 Å². The van der Waals surface area contributed by atoms with Crippen LogP contribution in [0.1, 0.15) is 31.1 Å². The van der Waals surface area contributed by atoms with Gasteiger partial charge in [0.05, 0.1) is 13.2 Å². The molecular formula is C15H18FN5O2. The van der Waals surface area contributed by atoms with Gasteiger partial charge in [0.2, 0.25) is 5.82 Å². The van der Waals surface area contributed by atoms with E-state index >= 15 is 0 Å². The monoisotopic (exact) mass is 319 g/mol. The molecule has 0 bridgehead atoms. The molecular weight excluding hydrogens is 301 g/mol. The van der Waals surface area contributed by atoms with Crippen molar-refractivity contribution in [3.63, 3.8) is 0 Å². The quantitative estimate of drug-likeness (QED) is 0.894. The Hall–Kier alpha value is -2.38. The molecule has 0 radical (unpaired) electrons. The zero-order chi connectivity index (χ0) is 16.0. The normalized spacial score (nSPS) is 24.2. The lowest BCUT2D eigenvalue weighted by atomic mass is 9.94. The largest absolute Gasteiger partial charge is 0.493 e. The number of ether oxygens (including phenoxy) is 1. The van der Waals surface area contributed by atoms with Crippen LogP contribution in [0.3, 0.4) is 0 Å². The van der Waals surface area contributed by atoms with Crippen molar-refractivity contribution < 1.29 is 9.13 Å². The molecule has 2 aromatic rings. The molecule has 2 N–H and O–H groups in total. The van der Waals surface area contributed by atoms with Gasteiger partial charge in [-0.3, -0.25) is 4.98 Å². The molecule has 1 saturated heterocycles. The number of nitrogens with zero attached hydrogens (tertiary/aromatic N) is 3. The van der Waals surface area contributed by atoms with Crippen molar-refractivity contribution in [2.45, 2.75) is 25.3 Å².